The summed E-state index contributed by atoms with van der Waals surface area (Å²) in [6, 6.07) is 0. The van der Waals surface area contributed by atoms with Crippen LogP contribution in [-0.2, 0) is 9.84 Å². The minimum atomic E-state index is -2.95. The van der Waals surface area contributed by atoms with E-state index >= 15 is 0 Å². The molecule has 0 bridgehead atoms. The summed E-state index contributed by atoms with van der Waals surface area (Å²) >= 11 is 0. The van der Waals surface area contributed by atoms with Gasteiger partial charge in [-0.15, -0.1) is 13.2 Å². The number of sulfone groups is 1. The maximum absolute atomic E-state index is 11.1. The van der Waals surface area contributed by atoms with Gasteiger partial charge in [-0.3, -0.25) is 0 Å². The molecule has 2 nitrogen and oxygen atoms in total. The number of unbranched alkanes of at least 4 members (excludes halogenated alkanes) is 1. The van der Waals surface area contributed by atoms with Gasteiger partial charge in [-0.25, -0.2) is 8.42 Å². The van der Waals surface area contributed by atoms with Gasteiger partial charge in [0.2, 0.25) is 0 Å². The summed E-state index contributed by atoms with van der Waals surface area (Å²) in [5, 5.41) is -0.391. The zero-order chi connectivity index (χ0) is 9.61. The summed E-state index contributed by atoms with van der Waals surface area (Å²) in [4.78, 5) is 0. The van der Waals surface area contributed by atoms with E-state index in [1.807, 2.05) is 0 Å². The highest BCUT2D eigenvalue weighted by Gasteiger charge is 2.15. The molecular formula is C9H16O2S. The van der Waals surface area contributed by atoms with Crippen molar-refractivity contribution < 1.29 is 8.42 Å². The molecule has 0 heterocycles. The summed E-state index contributed by atoms with van der Waals surface area (Å²) in [6.45, 7) is 7.07. The van der Waals surface area contributed by atoms with Crippen molar-refractivity contribution in [1.29, 1.82) is 0 Å². The first kappa shape index (κ1) is 11.4. The van der Waals surface area contributed by atoms with Gasteiger partial charge in [0.1, 0.15) is 0 Å². The first-order chi connectivity index (χ1) is 5.52. The Morgan fingerprint density at radius 2 is 2.00 bits per heavy atom. The SMILES string of the molecule is C=CCCC[C@@H](C=C)S(C)(=O)=O. The Balaban J connectivity index is 4.02. The van der Waals surface area contributed by atoms with Gasteiger partial charge in [0.15, 0.2) is 9.84 Å². The molecule has 0 N–H and O–H groups in total. The van der Waals surface area contributed by atoms with E-state index < -0.39 is 15.1 Å². The van der Waals surface area contributed by atoms with Gasteiger partial charge >= 0.3 is 0 Å². The molecule has 3 heteroatoms. The summed E-state index contributed by atoms with van der Waals surface area (Å²) in [6.07, 6.45) is 6.90. The fourth-order valence-electron chi connectivity index (χ4n) is 0.970. The maximum Gasteiger partial charge on any atom is 0.153 e. The maximum atomic E-state index is 11.1. The Kier molecular flexibility index (Phi) is 4.90. The summed E-state index contributed by atoms with van der Waals surface area (Å²) in [7, 11) is -2.95. The van der Waals surface area contributed by atoms with E-state index in [1.54, 1.807) is 6.08 Å². The van der Waals surface area contributed by atoms with Crippen LogP contribution < -0.4 is 0 Å². The average Bonchev–Trinajstić information content (AvgIpc) is 1.95. The summed E-state index contributed by atoms with van der Waals surface area (Å²) < 4.78 is 22.1. The zero-order valence-electron chi connectivity index (χ0n) is 7.49. The van der Waals surface area contributed by atoms with E-state index in [1.165, 1.54) is 12.3 Å². The van der Waals surface area contributed by atoms with Gasteiger partial charge in [0.05, 0.1) is 5.25 Å². The molecule has 12 heavy (non-hydrogen) atoms. The predicted octanol–water partition coefficient (Wildman–Crippen LogP) is 1.94. The Morgan fingerprint density at radius 3 is 2.33 bits per heavy atom. The average molecular weight is 188 g/mol. The van der Waals surface area contributed by atoms with E-state index in [9.17, 15) is 8.42 Å². The lowest BCUT2D eigenvalue weighted by Gasteiger charge is -2.08. The van der Waals surface area contributed by atoms with E-state index in [4.69, 9.17) is 0 Å². The lowest BCUT2D eigenvalue weighted by molar-refractivity contribution is 0.587. The zero-order valence-corrected chi connectivity index (χ0v) is 8.31. The highest BCUT2D eigenvalue weighted by molar-refractivity contribution is 7.91. The Bertz CT molecular complexity index is 239. The molecule has 0 aromatic carbocycles. The van der Waals surface area contributed by atoms with E-state index in [0.717, 1.165) is 12.8 Å². The summed E-state index contributed by atoms with van der Waals surface area (Å²) in [5.74, 6) is 0. The summed E-state index contributed by atoms with van der Waals surface area (Å²) in [5.41, 5.74) is 0. The minimum Gasteiger partial charge on any atom is -0.229 e. The Morgan fingerprint density at radius 1 is 1.42 bits per heavy atom. The molecule has 0 fully saturated rings. The molecule has 0 amide bonds. The fourth-order valence-corrected chi connectivity index (χ4v) is 1.91. The van der Waals surface area contributed by atoms with E-state index in [2.05, 4.69) is 13.2 Å². The second-order valence-corrected chi connectivity index (χ2v) is 5.09. The van der Waals surface area contributed by atoms with Crippen molar-refractivity contribution in [2.45, 2.75) is 24.5 Å². The van der Waals surface area contributed by atoms with Crippen LogP contribution in [-0.4, -0.2) is 19.9 Å². The van der Waals surface area contributed by atoms with Gasteiger partial charge in [-0.2, -0.15) is 0 Å². The minimum absolute atomic E-state index is 0.391. The lowest BCUT2D eigenvalue weighted by Crippen LogP contribution is -2.16. The van der Waals surface area contributed by atoms with Crippen LogP contribution in [0.25, 0.3) is 0 Å². The second kappa shape index (κ2) is 5.14. The van der Waals surface area contributed by atoms with Crippen LogP contribution in [0.15, 0.2) is 25.3 Å². The molecule has 70 valence electrons. The van der Waals surface area contributed by atoms with Crippen LogP contribution in [0.5, 0.6) is 0 Å². The third-order valence-corrected chi connectivity index (χ3v) is 3.24. The fraction of sp³-hybridized carbons (Fsp3) is 0.556. The van der Waals surface area contributed by atoms with Crippen molar-refractivity contribution in [2.75, 3.05) is 6.26 Å². The number of allylic oxidation sites excluding steroid dienone is 1. The van der Waals surface area contributed by atoms with Crippen LogP contribution in [0.3, 0.4) is 0 Å². The molecule has 0 aliphatic rings. The van der Waals surface area contributed by atoms with Crippen molar-refractivity contribution >= 4 is 9.84 Å². The first-order valence-electron chi connectivity index (χ1n) is 3.94. The molecule has 0 unspecified atom stereocenters. The van der Waals surface area contributed by atoms with Gasteiger partial charge < -0.3 is 0 Å². The molecular weight excluding hydrogens is 172 g/mol. The standard InChI is InChI=1S/C9H16O2S/c1-4-6-7-8-9(5-2)12(3,10)11/h4-5,9H,1-2,6-8H2,3H3/t9-/m1/s1. The van der Waals surface area contributed by atoms with Gasteiger partial charge in [-0.05, 0) is 19.3 Å². The normalized spacial score (nSPS) is 13.8. The Labute approximate surface area is 74.9 Å². The number of hydrogen-bond donors (Lipinski definition) is 0. The monoisotopic (exact) mass is 188 g/mol. The quantitative estimate of drug-likeness (QED) is 0.471. The van der Waals surface area contributed by atoms with Crippen molar-refractivity contribution in [3.8, 4) is 0 Å². The predicted molar refractivity (Wildman–Crippen MR) is 52.9 cm³/mol. The third-order valence-electron chi connectivity index (χ3n) is 1.71. The van der Waals surface area contributed by atoms with Crippen molar-refractivity contribution in [2.24, 2.45) is 0 Å². The largest absolute Gasteiger partial charge is 0.229 e. The van der Waals surface area contributed by atoms with Crippen molar-refractivity contribution in [3.63, 3.8) is 0 Å². The molecule has 1 atom stereocenters. The molecule has 0 aliphatic heterocycles. The van der Waals surface area contributed by atoms with E-state index in [-0.39, 0.29) is 0 Å². The van der Waals surface area contributed by atoms with Crippen LogP contribution in [0.2, 0.25) is 0 Å². The van der Waals surface area contributed by atoms with Crippen molar-refractivity contribution in [1.82, 2.24) is 0 Å². The number of rotatable bonds is 6. The molecule has 0 spiro atoms. The third kappa shape index (κ3) is 4.34. The van der Waals surface area contributed by atoms with Crippen LogP contribution in [0.1, 0.15) is 19.3 Å². The Hall–Kier alpha value is -0.570. The van der Waals surface area contributed by atoms with E-state index in [0.29, 0.717) is 6.42 Å². The van der Waals surface area contributed by atoms with Crippen LogP contribution in [0.4, 0.5) is 0 Å². The first-order valence-corrected chi connectivity index (χ1v) is 5.90. The second-order valence-electron chi connectivity index (χ2n) is 2.82. The van der Waals surface area contributed by atoms with Crippen LogP contribution in [0, 0.1) is 0 Å². The lowest BCUT2D eigenvalue weighted by atomic mass is 10.2. The molecule has 0 aromatic heterocycles. The smallest absolute Gasteiger partial charge is 0.153 e. The van der Waals surface area contributed by atoms with Gasteiger partial charge in [-0.1, -0.05) is 12.2 Å². The topological polar surface area (TPSA) is 34.1 Å². The van der Waals surface area contributed by atoms with Crippen LogP contribution >= 0.6 is 0 Å². The highest BCUT2D eigenvalue weighted by Crippen LogP contribution is 2.10. The van der Waals surface area contributed by atoms with Crippen molar-refractivity contribution in [3.05, 3.63) is 25.3 Å². The highest BCUT2D eigenvalue weighted by atomic mass is 32.2. The molecule has 0 aliphatic carbocycles. The molecule has 0 saturated carbocycles. The molecule has 0 radical (unpaired) electrons. The molecule has 0 rings (SSSR count). The van der Waals surface area contributed by atoms with Gasteiger partial charge in [0.25, 0.3) is 0 Å². The molecule has 0 aromatic rings. The van der Waals surface area contributed by atoms with Gasteiger partial charge in [0, 0.05) is 6.26 Å². The number of hydrogen-bond acceptors (Lipinski definition) is 2. The molecule has 0 saturated heterocycles.